The second kappa shape index (κ2) is 6.66. The molecule has 0 bridgehead atoms. The Morgan fingerprint density at radius 1 is 1.39 bits per heavy atom. The maximum atomic E-state index is 5.93. The Morgan fingerprint density at radius 2 is 2.17 bits per heavy atom. The van der Waals surface area contributed by atoms with Gasteiger partial charge in [0.15, 0.2) is 0 Å². The van der Waals surface area contributed by atoms with Crippen LogP contribution < -0.4 is 5.32 Å². The average molecular weight is 314 g/mol. The van der Waals surface area contributed by atoms with Crippen LogP contribution in [0.3, 0.4) is 0 Å². The second-order valence-corrected chi connectivity index (χ2v) is 5.40. The molecule has 3 atom stereocenters. The van der Waals surface area contributed by atoms with Gasteiger partial charge in [0.2, 0.25) is 0 Å². The molecule has 0 heterocycles. The first-order valence-electron chi connectivity index (χ1n) is 6.37. The topological polar surface area (TPSA) is 30.5 Å². The highest BCUT2D eigenvalue weighted by molar-refractivity contribution is 9.10. The van der Waals surface area contributed by atoms with Crippen molar-refractivity contribution >= 4 is 15.9 Å². The van der Waals surface area contributed by atoms with E-state index in [2.05, 4.69) is 34.2 Å². The van der Waals surface area contributed by atoms with E-state index in [-0.39, 0.29) is 12.2 Å². The van der Waals surface area contributed by atoms with E-state index in [1.165, 1.54) is 5.56 Å². The highest BCUT2D eigenvalue weighted by atomic mass is 79.9. The summed E-state index contributed by atoms with van der Waals surface area (Å²) in [4.78, 5) is 0. The molecule has 0 spiro atoms. The van der Waals surface area contributed by atoms with Crippen molar-refractivity contribution in [2.75, 3.05) is 13.7 Å². The van der Waals surface area contributed by atoms with Gasteiger partial charge >= 0.3 is 0 Å². The van der Waals surface area contributed by atoms with Crippen LogP contribution in [-0.4, -0.2) is 31.9 Å². The zero-order valence-electron chi connectivity index (χ0n) is 10.9. The lowest BCUT2D eigenvalue weighted by atomic mass is 9.85. The minimum absolute atomic E-state index is 0.174. The van der Waals surface area contributed by atoms with Gasteiger partial charge in [-0.3, -0.25) is 0 Å². The smallest absolute Gasteiger partial charge is 0.0987 e. The Bertz CT molecular complexity index is 386. The van der Waals surface area contributed by atoms with Crippen molar-refractivity contribution in [3.05, 3.63) is 34.3 Å². The van der Waals surface area contributed by atoms with Gasteiger partial charge in [-0.2, -0.15) is 0 Å². The number of nitrogens with one attached hydrogen (secondary N) is 1. The van der Waals surface area contributed by atoms with Crippen LogP contribution >= 0.6 is 15.9 Å². The van der Waals surface area contributed by atoms with Crippen molar-refractivity contribution in [3.8, 4) is 0 Å². The van der Waals surface area contributed by atoms with Gasteiger partial charge in [0.05, 0.1) is 18.8 Å². The number of halogens is 1. The fourth-order valence-corrected chi connectivity index (χ4v) is 2.73. The summed E-state index contributed by atoms with van der Waals surface area (Å²) < 4.78 is 12.5. The van der Waals surface area contributed by atoms with E-state index in [1.54, 1.807) is 7.11 Å². The number of methoxy groups -OCH3 is 1. The molecular weight excluding hydrogens is 294 g/mol. The van der Waals surface area contributed by atoms with Crippen molar-refractivity contribution in [2.45, 2.75) is 38.2 Å². The summed E-state index contributed by atoms with van der Waals surface area (Å²) in [7, 11) is 1.75. The van der Waals surface area contributed by atoms with Crippen LogP contribution in [0.2, 0.25) is 0 Å². The van der Waals surface area contributed by atoms with Crippen LogP contribution in [-0.2, 0) is 16.1 Å². The Kier molecular flexibility index (Phi) is 5.18. The summed E-state index contributed by atoms with van der Waals surface area (Å²) in [6.45, 7) is 3.72. The minimum atomic E-state index is 0.174. The molecule has 100 valence electrons. The van der Waals surface area contributed by atoms with E-state index in [1.807, 2.05) is 18.2 Å². The van der Waals surface area contributed by atoms with Crippen molar-refractivity contribution < 1.29 is 9.47 Å². The molecule has 0 amide bonds. The van der Waals surface area contributed by atoms with Gasteiger partial charge < -0.3 is 14.8 Å². The maximum absolute atomic E-state index is 5.93. The predicted octanol–water partition coefficient (Wildman–Crippen LogP) is 2.73. The van der Waals surface area contributed by atoms with Crippen LogP contribution in [0.4, 0.5) is 0 Å². The van der Waals surface area contributed by atoms with Gasteiger partial charge in [-0.25, -0.2) is 0 Å². The summed E-state index contributed by atoms with van der Waals surface area (Å²) in [5.74, 6) is 0. The average Bonchev–Trinajstić information content (AvgIpc) is 2.35. The number of ether oxygens (including phenoxy) is 2. The van der Waals surface area contributed by atoms with E-state index >= 15 is 0 Å². The number of hydrogen-bond acceptors (Lipinski definition) is 3. The van der Waals surface area contributed by atoms with Gasteiger partial charge in [0.25, 0.3) is 0 Å². The van der Waals surface area contributed by atoms with E-state index in [9.17, 15) is 0 Å². The van der Waals surface area contributed by atoms with Crippen LogP contribution in [0, 0.1) is 0 Å². The molecule has 1 aromatic rings. The maximum Gasteiger partial charge on any atom is 0.0987 e. The molecule has 1 aliphatic carbocycles. The summed E-state index contributed by atoms with van der Waals surface area (Å²) in [6.07, 6.45) is 1.40. The van der Waals surface area contributed by atoms with Gasteiger partial charge in [-0.15, -0.1) is 0 Å². The number of likely N-dealkylation sites (N-methyl/N-ethyl adjacent to an activating group) is 1. The molecule has 2 rings (SSSR count). The van der Waals surface area contributed by atoms with E-state index in [4.69, 9.17) is 9.47 Å². The molecule has 0 aromatic heterocycles. The Labute approximate surface area is 117 Å². The van der Waals surface area contributed by atoms with E-state index in [0.29, 0.717) is 12.6 Å². The summed E-state index contributed by atoms with van der Waals surface area (Å²) >= 11 is 3.53. The first kappa shape index (κ1) is 14.0. The SMILES string of the molecule is CCNC1CC(OCc2ccccc2Br)C1OC. The molecule has 0 saturated heterocycles. The van der Waals surface area contributed by atoms with Crippen molar-refractivity contribution in [1.82, 2.24) is 5.32 Å². The lowest BCUT2D eigenvalue weighted by molar-refractivity contribution is -0.139. The molecule has 3 unspecified atom stereocenters. The summed E-state index contributed by atoms with van der Waals surface area (Å²) in [5, 5.41) is 3.41. The fraction of sp³-hybridized carbons (Fsp3) is 0.571. The third kappa shape index (κ3) is 3.12. The normalized spacial score (nSPS) is 26.9. The lowest BCUT2D eigenvalue weighted by Crippen LogP contribution is -2.59. The van der Waals surface area contributed by atoms with Gasteiger partial charge in [-0.1, -0.05) is 41.1 Å². The van der Waals surface area contributed by atoms with Crippen LogP contribution in [0.25, 0.3) is 0 Å². The first-order valence-corrected chi connectivity index (χ1v) is 7.16. The zero-order chi connectivity index (χ0) is 13.0. The fourth-order valence-electron chi connectivity index (χ4n) is 2.33. The molecular formula is C14H20BrNO2. The predicted molar refractivity (Wildman–Crippen MR) is 75.6 cm³/mol. The number of hydrogen-bond donors (Lipinski definition) is 1. The number of benzene rings is 1. The number of rotatable bonds is 6. The van der Waals surface area contributed by atoms with Crippen LogP contribution in [0.15, 0.2) is 28.7 Å². The standard InChI is InChI=1S/C14H20BrNO2/c1-3-16-12-8-13(14(12)17-2)18-9-10-6-4-5-7-11(10)15/h4-7,12-14,16H,3,8-9H2,1-2H3. The van der Waals surface area contributed by atoms with Crippen LogP contribution in [0.5, 0.6) is 0 Å². The third-order valence-corrected chi connectivity index (χ3v) is 4.17. The zero-order valence-corrected chi connectivity index (χ0v) is 12.4. The van der Waals surface area contributed by atoms with Crippen LogP contribution in [0.1, 0.15) is 18.9 Å². The van der Waals surface area contributed by atoms with Crippen molar-refractivity contribution in [1.29, 1.82) is 0 Å². The highest BCUT2D eigenvalue weighted by Crippen LogP contribution is 2.28. The molecule has 1 aliphatic rings. The Balaban J connectivity index is 1.83. The van der Waals surface area contributed by atoms with Crippen molar-refractivity contribution in [3.63, 3.8) is 0 Å². The molecule has 3 nitrogen and oxygen atoms in total. The largest absolute Gasteiger partial charge is 0.377 e. The molecule has 1 saturated carbocycles. The quantitative estimate of drug-likeness (QED) is 0.876. The molecule has 1 N–H and O–H groups in total. The molecule has 18 heavy (non-hydrogen) atoms. The lowest BCUT2D eigenvalue weighted by Gasteiger charge is -2.43. The summed E-state index contributed by atoms with van der Waals surface area (Å²) in [5.41, 5.74) is 1.18. The molecule has 0 aliphatic heterocycles. The minimum Gasteiger partial charge on any atom is -0.377 e. The molecule has 1 fully saturated rings. The van der Waals surface area contributed by atoms with Gasteiger partial charge in [-0.05, 0) is 24.6 Å². The third-order valence-electron chi connectivity index (χ3n) is 3.40. The Hall–Kier alpha value is -0.420. The van der Waals surface area contributed by atoms with Gasteiger partial charge in [0.1, 0.15) is 0 Å². The van der Waals surface area contributed by atoms with Gasteiger partial charge in [0, 0.05) is 17.6 Å². The summed E-state index contributed by atoms with van der Waals surface area (Å²) in [6, 6.07) is 8.58. The molecule has 1 aromatic carbocycles. The monoisotopic (exact) mass is 313 g/mol. The highest BCUT2D eigenvalue weighted by Gasteiger charge is 2.41. The Morgan fingerprint density at radius 3 is 2.83 bits per heavy atom. The van der Waals surface area contributed by atoms with E-state index < -0.39 is 0 Å². The molecule has 4 heteroatoms. The molecule has 0 radical (unpaired) electrons. The first-order chi connectivity index (χ1) is 8.76. The second-order valence-electron chi connectivity index (χ2n) is 4.54. The van der Waals surface area contributed by atoms with E-state index in [0.717, 1.165) is 17.4 Å². The van der Waals surface area contributed by atoms with Crippen molar-refractivity contribution in [2.24, 2.45) is 0 Å².